The zero-order valence-corrected chi connectivity index (χ0v) is 12.5. The first-order valence-electron chi connectivity index (χ1n) is 8.19. The van der Waals surface area contributed by atoms with Crippen LogP contribution in [0.2, 0.25) is 0 Å². The van der Waals surface area contributed by atoms with Gasteiger partial charge >= 0.3 is 0 Å². The minimum atomic E-state index is 0.630. The summed E-state index contributed by atoms with van der Waals surface area (Å²) in [5.41, 5.74) is 0. The van der Waals surface area contributed by atoms with Gasteiger partial charge in [-0.1, -0.05) is 46.0 Å². The fourth-order valence-corrected chi connectivity index (χ4v) is 2.38. The zero-order chi connectivity index (χ0) is 13.1. The van der Waals surface area contributed by atoms with Crippen LogP contribution in [0.1, 0.15) is 71.6 Å². The smallest absolute Gasteiger partial charge is 0.0622 e. The first-order valence-corrected chi connectivity index (χ1v) is 8.19. The van der Waals surface area contributed by atoms with Gasteiger partial charge in [-0.05, 0) is 38.1 Å². The van der Waals surface area contributed by atoms with Gasteiger partial charge in [0.2, 0.25) is 0 Å². The summed E-state index contributed by atoms with van der Waals surface area (Å²) in [4.78, 5) is 0. The molecule has 0 aliphatic heterocycles. The minimum absolute atomic E-state index is 0.630. The number of rotatable bonds is 13. The lowest BCUT2D eigenvalue weighted by Gasteiger charge is -2.18. The van der Waals surface area contributed by atoms with E-state index in [4.69, 9.17) is 4.74 Å². The molecule has 0 amide bonds. The molecule has 0 aromatic carbocycles. The third kappa shape index (κ3) is 8.10. The summed E-state index contributed by atoms with van der Waals surface area (Å²) in [7, 11) is 0. The highest BCUT2D eigenvalue weighted by atomic mass is 16.5. The Balaban J connectivity index is 1.88. The van der Waals surface area contributed by atoms with Crippen molar-refractivity contribution in [3.63, 3.8) is 0 Å². The SMILES string of the molecule is CCCCCCCCOCC(NCCC)C1CC1. The Kier molecular flexibility index (Phi) is 9.59. The fourth-order valence-electron chi connectivity index (χ4n) is 2.38. The van der Waals surface area contributed by atoms with Crippen molar-refractivity contribution in [1.82, 2.24) is 5.32 Å². The Morgan fingerprint density at radius 3 is 2.39 bits per heavy atom. The molecule has 0 aromatic rings. The molecule has 1 rings (SSSR count). The lowest BCUT2D eigenvalue weighted by Crippen LogP contribution is -2.36. The molecule has 1 unspecified atom stereocenters. The summed E-state index contributed by atoms with van der Waals surface area (Å²) >= 11 is 0. The molecule has 1 saturated carbocycles. The molecule has 1 N–H and O–H groups in total. The summed E-state index contributed by atoms with van der Waals surface area (Å²) in [6.45, 7) is 7.53. The lowest BCUT2D eigenvalue weighted by molar-refractivity contribution is 0.102. The monoisotopic (exact) mass is 255 g/mol. The van der Waals surface area contributed by atoms with Crippen molar-refractivity contribution < 1.29 is 4.74 Å². The first kappa shape index (κ1) is 16.0. The first-order chi connectivity index (χ1) is 8.88. The van der Waals surface area contributed by atoms with Crippen molar-refractivity contribution in [3.05, 3.63) is 0 Å². The Morgan fingerprint density at radius 2 is 1.72 bits per heavy atom. The summed E-state index contributed by atoms with van der Waals surface area (Å²) in [6.07, 6.45) is 12.1. The van der Waals surface area contributed by atoms with Crippen LogP contribution < -0.4 is 5.32 Å². The van der Waals surface area contributed by atoms with Gasteiger partial charge in [0, 0.05) is 12.6 Å². The van der Waals surface area contributed by atoms with E-state index in [0.29, 0.717) is 6.04 Å². The number of unbranched alkanes of at least 4 members (excludes halogenated alkanes) is 5. The molecule has 1 aliphatic carbocycles. The summed E-state index contributed by atoms with van der Waals surface area (Å²) in [5.74, 6) is 0.904. The second-order valence-corrected chi connectivity index (χ2v) is 5.74. The molecule has 1 fully saturated rings. The van der Waals surface area contributed by atoms with Crippen LogP contribution in [-0.4, -0.2) is 25.8 Å². The van der Waals surface area contributed by atoms with Gasteiger partial charge in [-0.25, -0.2) is 0 Å². The van der Waals surface area contributed by atoms with E-state index in [1.807, 2.05) is 0 Å². The molecule has 2 nitrogen and oxygen atoms in total. The minimum Gasteiger partial charge on any atom is -0.380 e. The summed E-state index contributed by atoms with van der Waals surface area (Å²) in [5, 5.41) is 3.63. The number of hydrogen-bond donors (Lipinski definition) is 1. The maximum absolute atomic E-state index is 5.84. The molecule has 0 heterocycles. The largest absolute Gasteiger partial charge is 0.380 e. The summed E-state index contributed by atoms with van der Waals surface area (Å²) < 4.78 is 5.84. The maximum Gasteiger partial charge on any atom is 0.0622 e. The van der Waals surface area contributed by atoms with Crippen LogP contribution in [0, 0.1) is 5.92 Å². The zero-order valence-electron chi connectivity index (χ0n) is 12.5. The van der Waals surface area contributed by atoms with Crippen LogP contribution in [-0.2, 0) is 4.74 Å². The Bertz CT molecular complexity index is 180. The highest BCUT2D eigenvalue weighted by Gasteiger charge is 2.30. The molecule has 0 bridgehead atoms. The predicted molar refractivity (Wildman–Crippen MR) is 79.0 cm³/mol. The van der Waals surface area contributed by atoms with Gasteiger partial charge in [0.05, 0.1) is 6.61 Å². The average molecular weight is 255 g/mol. The highest BCUT2D eigenvalue weighted by molar-refractivity contribution is 4.86. The van der Waals surface area contributed by atoms with E-state index in [0.717, 1.165) is 25.7 Å². The second kappa shape index (κ2) is 10.8. The molecule has 0 aromatic heterocycles. The van der Waals surface area contributed by atoms with Crippen LogP contribution in [0.4, 0.5) is 0 Å². The molecule has 18 heavy (non-hydrogen) atoms. The Morgan fingerprint density at radius 1 is 1.00 bits per heavy atom. The van der Waals surface area contributed by atoms with Crippen LogP contribution in [0.15, 0.2) is 0 Å². The molecular formula is C16H33NO. The topological polar surface area (TPSA) is 21.3 Å². The van der Waals surface area contributed by atoms with Gasteiger partial charge in [0.25, 0.3) is 0 Å². The summed E-state index contributed by atoms with van der Waals surface area (Å²) in [6, 6.07) is 0.630. The van der Waals surface area contributed by atoms with Crippen LogP contribution in [0.25, 0.3) is 0 Å². The van der Waals surface area contributed by atoms with E-state index >= 15 is 0 Å². The molecule has 0 spiro atoms. The van der Waals surface area contributed by atoms with Crippen LogP contribution in [0.3, 0.4) is 0 Å². The standard InChI is InChI=1S/C16H33NO/c1-3-5-6-7-8-9-13-18-14-16(15-10-11-15)17-12-4-2/h15-17H,3-14H2,1-2H3. The van der Waals surface area contributed by atoms with Crippen molar-refractivity contribution in [3.8, 4) is 0 Å². The number of nitrogens with one attached hydrogen (secondary N) is 1. The van der Waals surface area contributed by atoms with E-state index in [1.54, 1.807) is 0 Å². The third-order valence-electron chi connectivity index (χ3n) is 3.79. The molecule has 0 radical (unpaired) electrons. The highest BCUT2D eigenvalue weighted by Crippen LogP contribution is 2.32. The third-order valence-corrected chi connectivity index (χ3v) is 3.79. The van der Waals surface area contributed by atoms with Gasteiger partial charge in [0.1, 0.15) is 0 Å². The number of ether oxygens (including phenoxy) is 1. The van der Waals surface area contributed by atoms with E-state index in [1.165, 1.54) is 57.8 Å². The maximum atomic E-state index is 5.84. The Hall–Kier alpha value is -0.0800. The van der Waals surface area contributed by atoms with Crippen LogP contribution >= 0.6 is 0 Å². The quantitative estimate of drug-likeness (QED) is 0.499. The fraction of sp³-hybridized carbons (Fsp3) is 1.00. The predicted octanol–water partition coefficient (Wildman–Crippen LogP) is 4.14. The Labute approximate surface area is 114 Å². The van der Waals surface area contributed by atoms with Crippen molar-refractivity contribution in [2.75, 3.05) is 19.8 Å². The normalized spacial score (nSPS) is 17.0. The van der Waals surface area contributed by atoms with Crippen molar-refractivity contribution in [2.24, 2.45) is 5.92 Å². The molecule has 1 aliphatic rings. The van der Waals surface area contributed by atoms with Crippen LogP contribution in [0.5, 0.6) is 0 Å². The molecular weight excluding hydrogens is 222 g/mol. The average Bonchev–Trinajstić information content (AvgIpc) is 3.20. The number of hydrogen-bond acceptors (Lipinski definition) is 2. The molecule has 108 valence electrons. The van der Waals surface area contributed by atoms with E-state index in [-0.39, 0.29) is 0 Å². The van der Waals surface area contributed by atoms with Gasteiger partial charge < -0.3 is 10.1 Å². The van der Waals surface area contributed by atoms with Crippen molar-refractivity contribution >= 4 is 0 Å². The van der Waals surface area contributed by atoms with Gasteiger partial charge in [-0.3, -0.25) is 0 Å². The van der Waals surface area contributed by atoms with Gasteiger partial charge in [-0.2, -0.15) is 0 Å². The molecule has 1 atom stereocenters. The second-order valence-electron chi connectivity index (χ2n) is 5.74. The van der Waals surface area contributed by atoms with E-state index in [2.05, 4.69) is 19.2 Å². The van der Waals surface area contributed by atoms with Gasteiger partial charge in [-0.15, -0.1) is 0 Å². The molecule has 2 heteroatoms. The van der Waals surface area contributed by atoms with E-state index < -0.39 is 0 Å². The van der Waals surface area contributed by atoms with Crippen molar-refractivity contribution in [1.29, 1.82) is 0 Å². The van der Waals surface area contributed by atoms with Crippen molar-refractivity contribution in [2.45, 2.75) is 77.7 Å². The van der Waals surface area contributed by atoms with Gasteiger partial charge in [0.15, 0.2) is 0 Å². The lowest BCUT2D eigenvalue weighted by atomic mass is 10.1. The molecule has 0 saturated heterocycles. The van der Waals surface area contributed by atoms with E-state index in [9.17, 15) is 0 Å².